The van der Waals surface area contributed by atoms with Crippen LogP contribution in [0.25, 0.3) is 0 Å². The van der Waals surface area contributed by atoms with Gasteiger partial charge in [0.05, 0.1) is 9.72 Å². The van der Waals surface area contributed by atoms with E-state index in [1.54, 1.807) is 12.1 Å². The molecule has 0 aromatic carbocycles. The first-order chi connectivity index (χ1) is 7.12. The summed E-state index contributed by atoms with van der Waals surface area (Å²) in [6.45, 7) is 0. The number of pyridine rings is 1. The molecule has 1 aliphatic rings. The SMILES string of the molecule is O=S(=O)(c1ncccc1Br)C1CCCC1. The molecule has 0 bridgehead atoms. The van der Waals surface area contributed by atoms with Gasteiger partial charge < -0.3 is 0 Å². The highest BCUT2D eigenvalue weighted by Crippen LogP contribution is 2.31. The summed E-state index contributed by atoms with van der Waals surface area (Å²) in [5.41, 5.74) is 0. The van der Waals surface area contributed by atoms with Gasteiger partial charge in [0, 0.05) is 6.20 Å². The predicted octanol–water partition coefficient (Wildman–Crippen LogP) is 2.56. The Kier molecular flexibility index (Phi) is 3.11. The fourth-order valence-corrected chi connectivity index (χ4v) is 4.69. The molecular weight excluding hydrogens is 278 g/mol. The molecule has 0 radical (unpaired) electrons. The third-order valence-electron chi connectivity index (χ3n) is 2.74. The van der Waals surface area contributed by atoms with Crippen LogP contribution in [0.4, 0.5) is 0 Å². The zero-order valence-corrected chi connectivity index (χ0v) is 10.6. The fraction of sp³-hybridized carbons (Fsp3) is 0.500. The highest BCUT2D eigenvalue weighted by Gasteiger charge is 2.32. The molecule has 0 unspecified atom stereocenters. The van der Waals surface area contributed by atoms with Crippen molar-refractivity contribution in [3.05, 3.63) is 22.8 Å². The van der Waals surface area contributed by atoms with Gasteiger partial charge in [0.25, 0.3) is 0 Å². The van der Waals surface area contributed by atoms with E-state index in [4.69, 9.17) is 0 Å². The molecule has 5 heteroatoms. The van der Waals surface area contributed by atoms with Gasteiger partial charge in [-0.3, -0.25) is 0 Å². The van der Waals surface area contributed by atoms with Crippen molar-refractivity contribution in [3.63, 3.8) is 0 Å². The summed E-state index contributed by atoms with van der Waals surface area (Å²) in [7, 11) is -3.23. The highest BCUT2D eigenvalue weighted by molar-refractivity contribution is 9.10. The van der Waals surface area contributed by atoms with Crippen molar-refractivity contribution in [2.24, 2.45) is 0 Å². The number of rotatable bonds is 2. The van der Waals surface area contributed by atoms with Gasteiger partial charge in [0.2, 0.25) is 0 Å². The largest absolute Gasteiger partial charge is 0.244 e. The maximum Gasteiger partial charge on any atom is 0.199 e. The summed E-state index contributed by atoms with van der Waals surface area (Å²) >= 11 is 3.24. The molecule has 3 nitrogen and oxygen atoms in total. The van der Waals surface area contributed by atoms with E-state index in [1.165, 1.54) is 6.20 Å². The Morgan fingerprint density at radius 3 is 2.60 bits per heavy atom. The molecular formula is C10H12BrNO2S. The highest BCUT2D eigenvalue weighted by atomic mass is 79.9. The first kappa shape index (κ1) is 11.1. The molecule has 0 amide bonds. The number of nitrogens with zero attached hydrogens (tertiary/aromatic N) is 1. The van der Waals surface area contributed by atoms with Gasteiger partial charge in [-0.05, 0) is 40.9 Å². The van der Waals surface area contributed by atoms with Gasteiger partial charge in [0.15, 0.2) is 14.9 Å². The van der Waals surface area contributed by atoms with Crippen LogP contribution in [0.1, 0.15) is 25.7 Å². The third kappa shape index (κ3) is 2.08. The van der Waals surface area contributed by atoms with Crippen LogP contribution in [-0.4, -0.2) is 18.7 Å². The van der Waals surface area contributed by atoms with Crippen LogP contribution < -0.4 is 0 Å². The molecule has 1 aliphatic carbocycles. The van der Waals surface area contributed by atoms with Gasteiger partial charge in [-0.15, -0.1) is 0 Å². The molecule has 0 saturated heterocycles. The molecule has 0 spiro atoms. The van der Waals surface area contributed by atoms with E-state index in [1.807, 2.05) is 0 Å². The second-order valence-corrected chi connectivity index (χ2v) is 6.74. The van der Waals surface area contributed by atoms with E-state index in [2.05, 4.69) is 20.9 Å². The Hall–Kier alpha value is -0.420. The number of aromatic nitrogens is 1. The minimum absolute atomic E-state index is 0.192. The summed E-state index contributed by atoms with van der Waals surface area (Å²) in [6.07, 6.45) is 5.08. The van der Waals surface area contributed by atoms with E-state index < -0.39 is 9.84 Å². The quantitative estimate of drug-likeness (QED) is 0.841. The summed E-state index contributed by atoms with van der Waals surface area (Å²) in [5.74, 6) is 0. The molecule has 0 N–H and O–H groups in total. The summed E-state index contributed by atoms with van der Waals surface area (Å²) < 4.78 is 24.9. The second-order valence-electron chi connectivity index (χ2n) is 3.74. The number of halogens is 1. The van der Waals surface area contributed by atoms with Crippen molar-refractivity contribution >= 4 is 25.8 Å². The van der Waals surface area contributed by atoms with Crippen molar-refractivity contribution < 1.29 is 8.42 Å². The Labute approximate surface area is 98.0 Å². The van der Waals surface area contributed by atoms with Crippen LogP contribution in [0, 0.1) is 0 Å². The Bertz CT molecular complexity index is 452. The first-order valence-electron chi connectivity index (χ1n) is 4.97. The van der Waals surface area contributed by atoms with Crippen LogP contribution >= 0.6 is 15.9 Å². The Morgan fingerprint density at radius 2 is 2.00 bits per heavy atom. The van der Waals surface area contributed by atoms with Crippen molar-refractivity contribution in [1.82, 2.24) is 4.98 Å². The lowest BCUT2D eigenvalue weighted by Gasteiger charge is -2.10. The monoisotopic (exact) mass is 289 g/mol. The molecule has 1 aromatic heterocycles. The van der Waals surface area contributed by atoms with Crippen molar-refractivity contribution in [1.29, 1.82) is 0 Å². The summed E-state index contributed by atoms with van der Waals surface area (Å²) in [4.78, 5) is 3.96. The molecule has 1 fully saturated rings. The summed E-state index contributed by atoms with van der Waals surface area (Å²) in [6, 6.07) is 3.44. The molecule has 82 valence electrons. The molecule has 15 heavy (non-hydrogen) atoms. The number of sulfone groups is 1. The Morgan fingerprint density at radius 1 is 1.33 bits per heavy atom. The maximum atomic E-state index is 12.2. The number of hydrogen-bond donors (Lipinski definition) is 0. The zero-order chi connectivity index (χ0) is 10.9. The van der Waals surface area contributed by atoms with Crippen LogP contribution in [0.3, 0.4) is 0 Å². The molecule has 1 heterocycles. The van der Waals surface area contributed by atoms with Gasteiger partial charge in [-0.1, -0.05) is 12.8 Å². The van der Waals surface area contributed by atoms with E-state index in [0.29, 0.717) is 4.47 Å². The fourth-order valence-electron chi connectivity index (χ4n) is 1.94. The van der Waals surface area contributed by atoms with Gasteiger partial charge >= 0.3 is 0 Å². The van der Waals surface area contributed by atoms with E-state index >= 15 is 0 Å². The van der Waals surface area contributed by atoms with E-state index in [-0.39, 0.29) is 10.3 Å². The average molecular weight is 290 g/mol. The number of hydrogen-bond acceptors (Lipinski definition) is 3. The molecule has 0 aliphatic heterocycles. The minimum Gasteiger partial charge on any atom is -0.244 e. The van der Waals surface area contributed by atoms with Crippen LogP contribution in [0.5, 0.6) is 0 Å². The maximum absolute atomic E-state index is 12.2. The standard InChI is InChI=1S/C10H12BrNO2S/c11-9-6-3-7-12-10(9)15(13,14)8-4-1-2-5-8/h3,6-8H,1-2,4-5H2. The normalized spacial score (nSPS) is 18.2. The van der Waals surface area contributed by atoms with Gasteiger partial charge in [-0.25, -0.2) is 13.4 Å². The van der Waals surface area contributed by atoms with Crippen molar-refractivity contribution in [3.8, 4) is 0 Å². The minimum atomic E-state index is -3.23. The van der Waals surface area contributed by atoms with Crippen LogP contribution in [0.2, 0.25) is 0 Å². The molecule has 1 aromatic rings. The second kappa shape index (κ2) is 4.22. The zero-order valence-electron chi connectivity index (χ0n) is 8.19. The first-order valence-corrected chi connectivity index (χ1v) is 7.31. The Balaban J connectivity index is 2.41. The average Bonchev–Trinajstić information content (AvgIpc) is 2.71. The lowest BCUT2D eigenvalue weighted by Crippen LogP contribution is -2.19. The topological polar surface area (TPSA) is 47.0 Å². The van der Waals surface area contributed by atoms with Crippen LogP contribution in [0.15, 0.2) is 27.8 Å². The van der Waals surface area contributed by atoms with Gasteiger partial charge in [0.1, 0.15) is 0 Å². The van der Waals surface area contributed by atoms with E-state index in [0.717, 1.165) is 25.7 Å². The summed E-state index contributed by atoms with van der Waals surface area (Å²) in [5, 5.41) is -0.0411. The molecule has 2 rings (SSSR count). The lowest BCUT2D eigenvalue weighted by atomic mass is 10.4. The lowest BCUT2D eigenvalue weighted by molar-refractivity contribution is 0.575. The molecule has 1 saturated carbocycles. The van der Waals surface area contributed by atoms with E-state index in [9.17, 15) is 8.42 Å². The van der Waals surface area contributed by atoms with Crippen molar-refractivity contribution in [2.75, 3.05) is 0 Å². The van der Waals surface area contributed by atoms with Gasteiger partial charge in [-0.2, -0.15) is 0 Å². The van der Waals surface area contributed by atoms with Crippen LogP contribution in [-0.2, 0) is 9.84 Å². The molecule has 0 atom stereocenters. The predicted molar refractivity (Wildman–Crippen MR) is 61.4 cm³/mol. The van der Waals surface area contributed by atoms with Crippen molar-refractivity contribution in [2.45, 2.75) is 36.0 Å². The smallest absolute Gasteiger partial charge is 0.199 e. The third-order valence-corrected chi connectivity index (χ3v) is 5.85.